The Morgan fingerprint density at radius 1 is 1.35 bits per heavy atom. The van der Waals surface area contributed by atoms with Gasteiger partial charge in [0.05, 0.1) is 12.0 Å². The molecule has 0 aromatic rings. The molecule has 1 rings (SSSR count). The summed E-state index contributed by atoms with van der Waals surface area (Å²) in [7, 11) is 0. The minimum absolute atomic E-state index is 0.218. The fourth-order valence-electron chi connectivity index (χ4n) is 1.91. The molecule has 0 bridgehead atoms. The van der Waals surface area contributed by atoms with Crippen molar-refractivity contribution in [2.75, 3.05) is 6.61 Å². The number of aldehydes is 1. The summed E-state index contributed by atoms with van der Waals surface area (Å²) in [5.74, 6) is 0. The fraction of sp³-hybridized carbons (Fsp3) is 0.833. The van der Waals surface area contributed by atoms with E-state index in [-0.39, 0.29) is 6.61 Å². The van der Waals surface area contributed by atoms with Gasteiger partial charge in [-0.1, -0.05) is 12.8 Å². The lowest BCUT2D eigenvalue weighted by molar-refractivity contribution is -0.121. The third kappa shape index (κ3) is 4.73. The van der Waals surface area contributed by atoms with Gasteiger partial charge in [0.15, 0.2) is 0 Å². The van der Waals surface area contributed by atoms with Gasteiger partial charge in [0.2, 0.25) is 0 Å². The van der Waals surface area contributed by atoms with E-state index in [2.05, 4.69) is 5.48 Å². The van der Waals surface area contributed by atoms with Crippen LogP contribution in [0.15, 0.2) is 0 Å². The Bertz CT molecular complexity index is 277. The van der Waals surface area contributed by atoms with Crippen molar-refractivity contribution in [1.29, 1.82) is 0 Å². The molecule has 5 heteroatoms. The van der Waals surface area contributed by atoms with Crippen LogP contribution in [0.4, 0.5) is 4.79 Å². The van der Waals surface area contributed by atoms with E-state index in [1.807, 2.05) is 0 Å². The first-order valence-electron chi connectivity index (χ1n) is 5.94. The van der Waals surface area contributed by atoms with Crippen molar-refractivity contribution in [3.63, 3.8) is 0 Å². The van der Waals surface area contributed by atoms with E-state index in [9.17, 15) is 9.59 Å². The van der Waals surface area contributed by atoms with Gasteiger partial charge in [-0.15, -0.1) is 0 Å². The summed E-state index contributed by atoms with van der Waals surface area (Å²) < 4.78 is 5.01. The Balaban J connectivity index is 2.27. The van der Waals surface area contributed by atoms with Gasteiger partial charge < -0.3 is 9.53 Å². The zero-order valence-electron chi connectivity index (χ0n) is 10.7. The number of rotatable bonds is 4. The van der Waals surface area contributed by atoms with Crippen LogP contribution in [0.25, 0.3) is 0 Å². The smallest absolute Gasteiger partial charge is 0.431 e. The highest BCUT2D eigenvalue weighted by Gasteiger charge is 2.34. The normalized spacial score (nSPS) is 18.8. The molecule has 0 saturated heterocycles. The number of hydroxylamine groups is 1. The maximum Gasteiger partial charge on any atom is 0.431 e. The number of nitrogens with one attached hydrogen (secondary N) is 1. The minimum Gasteiger partial charge on any atom is -0.442 e. The van der Waals surface area contributed by atoms with Crippen molar-refractivity contribution in [2.24, 2.45) is 5.41 Å². The largest absolute Gasteiger partial charge is 0.442 e. The van der Waals surface area contributed by atoms with E-state index >= 15 is 0 Å². The second kappa shape index (κ2) is 5.49. The topological polar surface area (TPSA) is 64.6 Å². The first-order chi connectivity index (χ1) is 7.87. The average molecular weight is 243 g/mol. The predicted octanol–water partition coefficient (Wildman–Crippen LogP) is 2.20. The number of ether oxygens (including phenoxy) is 1. The van der Waals surface area contributed by atoms with Gasteiger partial charge in [0.1, 0.15) is 11.9 Å². The van der Waals surface area contributed by atoms with Gasteiger partial charge in [-0.3, -0.25) is 4.84 Å². The van der Waals surface area contributed by atoms with Crippen molar-refractivity contribution in [1.82, 2.24) is 5.48 Å². The summed E-state index contributed by atoms with van der Waals surface area (Å²) in [6.45, 7) is 5.54. The molecule has 1 amide bonds. The summed E-state index contributed by atoms with van der Waals surface area (Å²) in [5, 5.41) is 0. The SMILES string of the molecule is CC(C)(C)OC(=O)NOCC1(C=O)CCCC1. The monoisotopic (exact) mass is 243 g/mol. The van der Waals surface area contributed by atoms with Gasteiger partial charge in [-0.25, -0.2) is 4.79 Å². The molecule has 98 valence electrons. The van der Waals surface area contributed by atoms with E-state index in [0.29, 0.717) is 0 Å². The van der Waals surface area contributed by atoms with Crippen molar-refractivity contribution in [2.45, 2.75) is 52.1 Å². The number of hydrogen-bond acceptors (Lipinski definition) is 4. The molecule has 0 aliphatic heterocycles. The van der Waals surface area contributed by atoms with Gasteiger partial charge in [0.25, 0.3) is 0 Å². The van der Waals surface area contributed by atoms with Crippen molar-refractivity contribution in [3.05, 3.63) is 0 Å². The molecule has 1 fully saturated rings. The van der Waals surface area contributed by atoms with Gasteiger partial charge in [-0.2, -0.15) is 5.48 Å². The molecule has 0 spiro atoms. The average Bonchev–Trinajstić information content (AvgIpc) is 2.64. The summed E-state index contributed by atoms with van der Waals surface area (Å²) in [6, 6.07) is 0. The Morgan fingerprint density at radius 3 is 2.41 bits per heavy atom. The molecule has 1 N–H and O–H groups in total. The molecule has 0 aromatic heterocycles. The second-order valence-electron chi connectivity index (χ2n) is 5.58. The predicted molar refractivity (Wildman–Crippen MR) is 62.3 cm³/mol. The lowest BCUT2D eigenvalue weighted by Crippen LogP contribution is -2.36. The van der Waals surface area contributed by atoms with E-state index in [4.69, 9.17) is 9.57 Å². The van der Waals surface area contributed by atoms with Crippen molar-refractivity contribution in [3.8, 4) is 0 Å². The number of carbonyl (C=O) groups excluding carboxylic acids is 2. The van der Waals surface area contributed by atoms with Crippen LogP contribution in [-0.2, 0) is 14.4 Å². The zero-order chi connectivity index (χ0) is 12.9. The third-order valence-corrected chi connectivity index (χ3v) is 2.76. The molecule has 17 heavy (non-hydrogen) atoms. The summed E-state index contributed by atoms with van der Waals surface area (Å²) >= 11 is 0. The first-order valence-corrected chi connectivity index (χ1v) is 5.94. The van der Waals surface area contributed by atoms with Crippen LogP contribution in [-0.4, -0.2) is 24.6 Å². The summed E-state index contributed by atoms with van der Waals surface area (Å²) in [4.78, 5) is 27.4. The van der Waals surface area contributed by atoms with E-state index < -0.39 is 17.1 Å². The molecule has 1 saturated carbocycles. The van der Waals surface area contributed by atoms with Crippen LogP contribution in [0.3, 0.4) is 0 Å². The van der Waals surface area contributed by atoms with Crippen LogP contribution in [0, 0.1) is 5.41 Å². The molecule has 0 aromatic carbocycles. The maximum atomic E-state index is 11.3. The summed E-state index contributed by atoms with van der Waals surface area (Å²) in [5.41, 5.74) is 1.23. The minimum atomic E-state index is -0.628. The van der Waals surface area contributed by atoms with Gasteiger partial charge in [-0.05, 0) is 33.6 Å². The molecule has 0 unspecified atom stereocenters. The second-order valence-corrected chi connectivity index (χ2v) is 5.58. The van der Waals surface area contributed by atoms with Crippen LogP contribution in [0.1, 0.15) is 46.5 Å². The quantitative estimate of drug-likeness (QED) is 0.607. The van der Waals surface area contributed by atoms with Crippen molar-refractivity contribution < 1.29 is 19.2 Å². The first kappa shape index (κ1) is 14.0. The Labute approximate surface area is 102 Å². The highest BCUT2D eigenvalue weighted by molar-refractivity contribution is 5.66. The van der Waals surface area contributed by atoms with Crippen LogP contribution in [0.2, 0.25) is 0 Å². The fourth-order valence-corrected chi connectivity index (χ4v) is 1.91. The highest BCUT2D eigenvalue weighted by atomic mass is 16.7. The van der Waals surface area contributed by atoms with Crippen molar-refractivity contribution >= 4 is 12.4 Å². The number of hydrogen-bond donors (Lipinski definition) is 1. The molecule has 0 atom stereocenters. The highest BCUT2D eigenvalue weighted by Crippen LogP contribution is 2.36. The molecular weight excluding hydrogens is 222 g/mol. The Hall–Kier alpha value is -1.10. The van der Waals surface area contributed by atoms with Crippen LogP contribution < -0.4 is 5.48 Å². The molecule has 0 heterocycles. The van der Waals surface area contributed by atoms with Crippen LogP contribution >= 0.6 is 0 Å². The molecule has 0 radical (unpaired) electrons. The van der Waals surface area contributed by atoms with Gasteiger partial charge >= 0.3 is 6.09 Å². The van der Waals surface area contributed by atoms with Gasteiger partial charge in [0, 0.05) is 0 Å². The Morgan fingerprint density at radius 2 is 1.94 bits per heavy atom. The molecule has 5 nitrogen and oxygen atoms in total. The molecule has 1 aliphatic carbocycles. The molecule has 1 aliphatic rings. The lowest BCUT2D eigenvalue weighted by Gasteiger charge is -2.23. The third-order valence-electron chi connectivity index (χ3n) is 2.76. The lowest BCUT2D eigenvalue weighted by atomic mass is 9.89. The zero-order valence-corrected chi connectivity index (χ0v) is 10.7. The van der Waals surface area contributed by atoms with E-state index in [1.165, 1.54) is 0 Å². The maximum absolute atomic E-state index is 11.3. The van der Waals surface area contributed by atoms with Crippen LogP contribution in [0.5, 0.6) is 0 Å². The molecular formula is C12H21NO4. The van der Waals surface area contributed by atoms with E-state index in [1.54, 1.807) is 20.8 Å². The summed E-state index contributed by atoms with van der Waals surface area (Å²) in [6.07, 6.45) is 4.04. The number of amides is 1. The Kier molecular flexibility index (Phi) is 4.51. The van der Waals surface area contributed by atoms with E-state index in [0.717, 1.165) is 32.0 Å². The number of carbonyl (C=O) groups is 2. The standard InChI is InChI=1S/C12H21NO4/c1-11(2,3)17-10(15)13-16-9-12(8-14)6-4-5-7-12/h8H,4-7,9H2,1-3H3,(H,13,15).